The molecule has 0 aliphatic rings. The Morgan fingerprint density at radius 1 is 1.44 bits per heavy atom. The van der Waals surface area contributed by atoms with Gasteiger partial charge in [-0.1, -0.05) is 6.92 Å². The topological polar surface area (TPSA) is 25.8 Å². The van der Waals surface area contributed by atoms with Gasteiger partial charge in [0.2, 0.25) is 0 Å². The van der Waals surface area contributed by atoms with E-state index in [1.165, 1.54) is 0 Å². The summed E-state index contributed by atoms with van der Waals surface area (Å²) in [6, 6.07) is 1.81. The zero-order chi connectivity index (χ0) is 6.53. The van der Waals surface area contributed by atoms with Gasteiger partial charge in [0.25, 0.3) is 0 Å². The molecule has 2 heteroatoms. The van der Waals surface area contributed by atoms with Gasteiger partial charge in [-0.25, -0.2) is 9.97 Å². The first-order valence-corrected chi connectivity index (χ1v) is 3.03. The van der Waals surface area contributed by atoms with Crippen molar-refractivity contribution in [2.45, 2.75) is 13.3 Å². The predicted molar refractivity (Wildman–Crippen MR) is 35.7 cm³/mol. The summed E-state index contributed by atoms with van der Waals surface area (Å²) in [5, 5.41) is 0. The minimum Gasteiger partial charge on any atom is -0.241 e. The van der Waals surface area contributed by atoms with Crippen LogP contribution in [0.4, 0.5) is 0 Å². The Hall–Kier alpha value is -0.920. The third-order valence-corrected chi connectivity index (χ3v) is 0.972. The van der Waals surface area contributed by atoms with Gasteiger partial charge >= 0.3 is 0 Å². The molecule has 0 spiro atoms. The largest absolute Gasteiger partial charge is 0.241 e. The van der Waals surface area contributed by atoms with Gasteiger partial charge in [-0.15, -0.1) is 0 Å². The number of hydrogen-bond acceptors (Lipinski definition) is 2. The summed E-state index contributed by atoms with van der Waals surface area (Å²) in [7, 11) is 0. The summed E-state index contributed by atoms with van der Waals surface area (Å²) in [6.07, 6.45) is 6.47. The van der Waals surface area contributed by atoms with Crippen molar-refractivity contribution < 1.29 is 0 Å². The monoisotopic (exact) mass is 121 g/mol. The SMILES string of the molecule is CC[CH]c1ncccn1. The molecule has 0 bridgehead atoms. The molecule has 0 aliphatic carbocycles. The van der Waals surface area contributed by atoms with Gasteiger partial charge in [0.1, 0.15) is 5.82 Å². The lowest BCUT2D eigenvalue weighted by Crippen LogP contribution is -1.88. The molecule has 0 saturated carbocycles. The van der Waals surface area contributed by atoms with Crippen LogP contribution in [-0.2, 0) is 0 Å². The Labute approximate surface area is 55.0 Å². The molecule has 1 aromatic rings. The lowest BCUT2D eigenvalue weighted by atomic mass is 10.3. The Bertz CT molecular complexity index is 160. The number of nitrogens with zero attached hydrogens (tertiary/aromatic N) is 2. The third kappa shape index (κ3) is 1.80. The second kappa shape index (κ2) is 3.17. The molecule has 1 aromatic heterocycles. The highest BCUT2D eigenvalue weighted by Crippen LogP contribution is 1.94. The highest BCUT2D eigenvalue weighted by atomic mass is 14.8. The highest BCUT2D eigenvalue weighted by Gasteiger charge is 1.88. The minimum absolute atomic E-state index is 0.819. The van der Waals surface area contributed by atoms with Crippen molar-refractivity contribution in [2.24, 2.45) is 0 Å². The van der Waals surface area contributed by atoms with Crippen LogP contribution in [0, 0.1) is 6.42 Å². The molecule has 1 rings (SSSR count). The summed E-state index contributed by atoms with van der Waals surface area (Å²) in [5.41, 5.74) is 0. The van der Waals surface area contributed by atoms with E-state index in [2.05, 4.69) is 16.9 Å². The zero-order valence-electron chi connectivity index (χ0n) is 5.41. The maximum absolute atomic E-state index is 4.00. The fourth-order valence-electron chi connectivity index (χ4n) is 0.599. The van der Waals surface area contributed by atoms with Crippen LogP contribution >= 0.6 is 0 Å². The maximum atomic E-state index is 4.00. The summed E-state index contributed by atoms with van der Waals surface area (Å²) < 4.78 is 0. The smallest absolute Gasteiger partial charge is 0.131 e. The van der Waals surface area contributed by atoms with Crippen LogP contribution in [0.25, 0.3) is 0 Å². The molecule has 0 amide bonds. The molecule has 0 atom stereocenters. The van der Waals surface area contributed by atoms with Crippen LogP contribution in [0.2, 0.25) is 0 Å². The second-order valence-electron chi connectivity index (χ2n) is 1.72. The van der Waals surface area contributed by atoms with Crippen LogP contribution in [0.1, 0.15) is 19.2 Å². The van der Waals surface area contributed by atoms with E-state index < -0.39 is 0 Å². The summed E-state index contributed by atoms with van der Waals surface area (Å²) in [5.74, 6) is 0.819. The molecule has 1 radical (unpaired) electrons. The summed E-state index contributed by atoms with van der Waals surface area (Å²) in [4.78, 5) is 8.00. The lowest BCUT2D eigenvalue weighted by Gasteiger charge is -1.91. The Morgan fingerprint density at radius 3 is 2.67 bits per heavy atom. The number of rotatable bonds is 2. The van der Waals surface area contributed by atoms with Crippen LogP contribution in [-0.4, -0.2) is 9.97 Å². The van der Waals surface area contributed by atoms with E-state index in [4.69, 9.17) is 0 Å². The van der Waals surface area contributed by atoms with E-state index in [0.717, 1.165) is 12.2 Å². The Balaban J connectivity index is 2.61. The molecule has 0 N–H and O–H groups in total. The summed E-state index contributed by atoms with van der Waals surface area (Å²) >= 11 is 0. The molecule has 0 unspecified atom stereocenters. The van der Waals surface area contributed by atoms with E-state index in [1.807, 2.05) is 12.5 Å². The Kier molecular flexibility index (Phi) is 2.19. The number of aromatic nitrogens is 2. The molecule has 0 aliphatic heterocycles. The van der Waals surface area contributed by atoms with E-state index in [1.54, 1.807) is 12.4 Å². The predicted octanol–water partition coefficient (Wildman–Crippen LogP) is 1.44. The van der Waals surface area contributed by atoms with Gasteiger partial charge in [-0.05, 0) is 12.5 Å². The lowest BCUT2D eigenvalue weighted by molar-refractivity contribution is 0.992. The zero-order valence-corrected chi connectivity index (χ0v) is 5.41. The van der Waals surface area contributed by atoms with Gasteiger partial charge in [0, 0.05) is 18.8 Å². The van der Waals surface area contributed by atoms with Crippen LogP contribution in [0.5, 0.6) is 0 Å². The molecule has 0 saturated heterocycles. The van der Waals surface area contributed by atoms with Crippen molar-refractivity contribution in [3.8, 4) is 0 Å². The average molecular weight is 121 g/mol. The van der Waals surface area contributed by atoms with Gasteiger partial charge in [-0.3, -0.25) is 0 Å². The fraction of sp³-hybridized carbons (Fsp3) is 0.286. The van der Waals surface area contributed by atoms with E-state index in [9.17, 15) is 0 Å². The van der Waals surface area contributed by atoms with Gasteiger partial charge in [0.15, 0.2) is 0 Å². The van der Waals surface area contributed by atoms with Crippen molar-refractivity contribution >= 4 is 0 Å². The second-order valence-corrected chi connectivity index (χ2v) is 1.72. The molecule has 9 heavy (non-hydrogen) atoms. The highest BCUT2D eigenvalue weighted by molar-refractivity contribution is 4.99. The molecular formula is C7H9N2. The average Bonchev–Trinajstić information content (AvgIpc) is 1.91. The first kappa shape index (κ1) is 6.20. The third-order valence-electron chi connectivity index (χ3n) is 0.972. The van der Waals surface area contributed by atoms with Gasteiger partial charge in [0.05, 0.1) is 0 Å². The maximum Gasteiger partial charge on any atom is 0.131 e. The van der Waals surface area contributed by atoms with Crippen molar-refractivity contribution in [1.82, 2.24) is 9.97 Å². The first-order valence-electron chi connectivity index (χ1n) is 3.03. The molecule has 1 heterocycles. The molecule has 0 fully saturated rings. The van der Waals surface area contributed by atoms with Crippen LogP contribution in [0.3, 0.4) is 0 Å². The van der Waals surface area contributed by atoms with Crippen molar-refractivity contribution in [3.63, 3.8) is 0 Å². The van der Waals surface area contributed by atoms with E-state index >= 15 is 0 Å². The molecule has 0 aromatic carbocycles. The van der Waals surface area contributed by atoms with E-state index in [0.29, 0.717) is 0 Å². The molecule has 2 nitrogen and oxygen atoms in total. The normalized spacial score (nSPS) is 9.44. The molecular weight excluding hydrogens is 112 g/mol. The van der Waals surface area contributed by atoms with Gasteiger partial charge in [-0.2, -0.15) is 0 Å². The summed E-state index contributed by atoms with van der Waals surface area (Å²) in [6.45, 7) is 2.07. The minimum atomic E-state index is 0.819. The van der Waals surface area contributed by atoms with Gasteiger partial charge < -0.3 is 0 Å². The first-order chi connectivity index (χ1) is 4.43. The van der Waals surface area contributed by atoms with Crippen molar-refractivity contribution in [3.05, 3.63) is 30.7 Å². The van der Waals surface area contributed by atoms with E-state index in [-0.39, 0.29) is 0 Å². The fourth-order valence-corrected chi connectivity index (χ4v) is 0.599. The van der Waals surface area contributed by atoms with Crippen LogP contribution < -0.4 is 0 Å². The molecule has 47 valence electrons. The van der Waals surface area contributed by atoms with Crippen molar-refractivity contribution in [1.29, 1.82) is 0 Å². The number of hydrogen-bond donors (Lipinski definition) is 0. The quantitative estimate of drug-likeness (QED) is 0.591. The van der Waals surface area contributed by atoms with Crippen molar-refractivity contribution in [2.75, 3.05) is 0 Å². The van der Waals surface area contributed by atoms with Crippen LogP contribution in [0.15, 0.2) is 18.5 Å². The standard InChI is InChI=1S/C7H9N2/c1-2-4-7-8-5-3-6-9-7/h3-6H,2H2,1H3. The Morgan fingerprint density at radius 2 is 2.11 bits per heavy atom.